The molecule has 4 nitrogen and oxygen atoms in total. The average molecular weight is 302 g/mol. The first-order valence-electron chi connectivity index (χ1n) is 6.89. The molecule has 1 rings (SSSR count). The Morgan fingerprint density at radius 3 is 2.60 bits per heavy atom. The predicted octanol–water partition coefficient (Wildman–Crippen LogP) is 1.97. The van der Waals surface area contributed by atoms with Gasteiger partial charge in [0, 0.05) is 17.6 Å². The van der Waals surface area contributed by atoms with Gasteiger partial charge in [0.1, 0.15) is 0 Å². The summed E-state index contributed by atoms with van der Waals surface area (Å²) in [4.78, 5) is 0. The third-order valence-electron chi connectivity index (χ3n) is 2.92. The molecule has 0 aromatic heterocycles. The molecule has 114 valence electrons. The van der Waals surface area contributed by atoms with Gasteiger partial charge in [-0.2, -0.15) is 0 Å². The van der Waals surface area contributed by atoms with Crippen molar-refractivity contribution in [1.29, 1.82) is 0 Å². The summed E-state index contributed by atoms with van der Waals surface area (Å²) in [6, 6.07) is 7.65. The second-order valence-corrected chi connectivity index (χ2v) is 5.56. The van der Waals surface area contributed by atoms with Crippen LogP contribution < -0.4 is 5.32 Å². The van der Waals surface area contributed by atoms with E-state index in [4.69, 9.17) is 16.3 Å². The highest BCUT2D eigenvalue weighted by molar-refractivity contribution is 6.31. The SMILES string of the molecule is CC(O)CC(C)NCC(O)COCc1ccccc1Cl. The third-order valence-corrected chi connectivity index (χ3v) is 3.29. The molecular formula is C15H24ClNO3. The molecule has 3 unspecified atom stereocenters. The normalized spacial score (nSPS) is 15.8. The molecule has 0 aliphatic heterocycles. The van der Waals surface area contributed by atoms with Crippen molar-refractivity contribution in [3.63, 3.8) is 0 Å². The van der Waals surface area contributed by atoms with Gasteiger partial charge in [-0.1, -0.05) is 29.8 Å². The maximum atomic E-state index is 9.80. The highest BCUT2D eigenvalue weighted by Gasteiger charge is 2.09. The predicted molar refractivity (Wildman–Crippen MR) is 80.9 cm³/mol. The van der Waals surface area contributed by atoms with Crippen LogP contribution in [0.15, 0.2) is 24.3 Å². The zero-order valence-corrected chi connectivity index (χ0v) is 12.8. The summed E-state index contributed by atoms with van der Waals surface area (Å²) in [5.41, 5.74) is 0.914. The zero-order valence-electron chi connectivity index (χ0n) is 12.1. The lowest BCUT2D eigenvalue weighted by atomic mass is 10.1. The van der Waals surface area contributed by atoms with Crippen molar-refractivity contribution in [2.75, 3.05) is 13.2 Å². The van der Waals surface area contributed by atoms with Gasteiger partial charge in [-0.15, -0.1) is 0 Å². The van der Waals surface area contributed by atoms with E-state index in [1.54, 1.807) is 6.92 Å². The number of benzene rings is 1. The Morgan fingerprint density at radius 1 is 1.25 bits per heavy atom. The molecule has 1 aromatic carbocycles. The van der Waals surface area contributed by atoms with Crippen molar-refractivity contribution in [3.8, 4) is 0 Å². The van der Waals surface area contributed by atoms with Crippen LogP contribution in [0.1, 0.15) is 25.8 Å². The van der Waals surface area contributed by atoms with Crippen LogP contribution in [0.25, 0.3) is 0 Å². The molecule has 5 heteroatoms. The first kappa shape index (κ1) is 17.4. The smallest absolute Gasteiger partial charge is 0.0897 e. The van der Waals surface area contributed by atoms with E-state index < -0.39 is 6.10 Å². The van der Waals surface area contributed by atoms with Gasteiger partial charge in [-0.25, -0.2) is 0 Å². The third kappa shape index (κ3) is 7.22. The standard InChI is InChI=1S/C15H24ClNO3/c1-11(7-12(2)18)17-8-14(19)10-20-9-13-5-3-4-6-15(13)16/h3-6,11-12,14,17-19H,7-10H2,1-2H3. The monoisotopic (exact) mass is 301 g/mol. The second kappa shape index (κ2) is 9.32. The van der Waals surface area contributed by atoms with Crippen LogP contribution in [0.5, 0.6) is 0 Å². The minimum atomic E-state index is -0.575. The average Bonchev–Trinajstić information content (AvgIpc) is 2.38. The Hall–Kier alpha value is -0.650. The number of aliphatic hydroxyl groups excluding tert-OH is 2. The Balaban J connectivity index is 2.17. The molecule has 1 aromatic rings. The lowest BCUT2D eigenvalue weighted by Crippen LogP contribution is -2.37. The summed E-state index contributed by atoms with van der Waals surface area (Å²) >= 11 is 6.01. The van der Waals surface area contributed by atoms with E-state index in [9.17, 15) is 10.2 Å². The minimum absolute atomic E-state index is 0.160. The van der Waals surface area contributed by atoms with Crippen LogP contribution in [-0.4, -0.2) is 41.6 Å². The molecule has 0 saturated heterocycles. The lowest BCUT2D eigenvalue weighted by Gasteiger charge is -2.18. The van der Waals surface area contributed by atoms with E-state index in [1.165, 1.54) is 0 Å². The number of hydrogen-bond donors (Lipinski definition) is 3. The lowest BCUT2D eigenvalue weighted by molar-refractivity contribution is 0.0270. The second-order valence-electron chi connectivity index (χ2n) is 5.15. The maximum Gasteiger partial charge on any atom is 0.0897 e. The van der Waals surface area contributed by atoms with E-state index in [2.05, 4.69) is 5.32 Å². The van der Waals surface area contributed by atoms with E-state index in [1.807, 2.05) is 31.2 Å². The maximum absolute atomic E-state index is 9.80. The van der Waals surface area contributed by atoms with Crippen molar-refractivity contribution >= 4 is 11.6 Å². The van der Waals surface area contributed by atoms with E-state index in [0.29, 0.717) is 24.6 Å². The molecule has 3 atom stereocenters. The molecule has 0 bridgehead atoms. The van der Waals surface area contributed by atoms with Crippen LogP contribution in [0, 0.1) is 0 Å². The fraction of sp³-hybridized carbons (Fsp3) is 0.600. The van der Waals surface area contributed by atoms with Crippen molar-refractivity contribution in [2.45, 2.75) is 45.1 Å². The molecule has 0 fully saturated rings. The zero-order chi connectivity index (χ0) is 15.0. The molecular weight excluding hydrogens is 278 g/mol. The topological polar surface area (TPSA) is 61.7 Å². The molecule has 0 heterocycles. The van der Waals surface area contributed by atoms with Gasteiger partial charge in [0.05, 0.1) is 25.4 Å². The number of nitrogens with one attached hydrogen (secondary N) is 1. The Labute approximate surface area is 125 Å². The first-order chi connectivity index (χ1) is 9.49. The van der Waals surface area contributed by atoms with Gasteiger partial charge in [0.15, 0.2) is 0 Å². The van der Waals surface area contributed by atoms with Crippen molar-refractivity contribution in [2.24, 2.45) is 0 Å². The Kier molecular flexibility index (Phi) is 8.11. The number of halogens is 1. The molecule has 0 aliphatic rings. The van der Waals surface area contributed by atoms with Gasteiger partial charge in [-0.3, -0.25) is 0 Å². The summed E-state index contributed by atoms with van der Waals surface area (Å²) < 4.78 is 5.45. The Morgan fingerprint density at radius 2 is 1.95 bits per heavy atom. The van der Waals surface area contributed by atoms with Crippen LogP contribution in [0.4, 0.5) is 0 Å². The van der Waals surface area contributed by atoms with Gasteiger partial charge < -0.3 is 20.3 Å². The van der Waals surface area contributed by atoms with E-state index in [-0.39, 0.29) is 18.8 Å². The molecule has 0 saturated carbocycles. The van der Waals surface area contributed by atoms with Gasteiger partial charge in [-0.05, 0) is 31.9 Å². The number of ether oxygens (including phenoxy) is 1. The summed E-state index contributed by atoms with van der Waals surface area (Å²) in [6.07, 6.45) is -0.257. The molecule has 0 aliphatic carbocycles. The molecule has 0 spiro atoms. The minimum Gasteiger partial charge on any atom is -0.393 e. The van der Waals surface area contributed by atoms with Crippen LogP contribution in [-0.2, 0) is 11.3 Å². The number of rotatable bonds is 9. The van der Waals surface area contributed by atoms with E-state index >= 15 is 0 Å². The molecule has 0 radical (unpaired) electrons. The first-order valence-corrected chi connectivity index (χ1v) is 7.27. The largest absolute Gasteiger partial charge is 0.393 e. The van der Waals surface area contributed by atoms with Crippen molar-refractivity contribution in [3.05, 3.63) is 34.9 Å². The summed E-state index contributed by atoms with van der Waals surface area (Å²) in [5, 5.41) is 22.9. The van der Waals surface area contributed by atoms with E-state index in [0.717, 1.165) is 5.56 Å². The Bertz CT molecular complexity index is 387. The number of hydrogen-bond acceptors (Lipinski definition) is 4. The molecule has 3 N–H and O–H groups in total. The number of aliphatic hydroxyl groups is 2. The summed E-state index contributed by atoms with van der Waals surface area (Å²) in [5.74, 6) is 0. The summed E-state index contributed by atoms with van der Waals surface area (Å²) in [6.45, 7) is 4.81. The van der Waals surface area contributed by atoms with Crippen molar-refractivity contribution < 1.29 is 14.9 Å². The quantitative estimate of drug-likeness (QED) is 0.652. The van der Waals surface area contributed by atoms with Crippen LogP contribution in [0.2, 0.25) is 5.02 Å². The van der Waals surface area contributed by atoms with Gasteiger partial charge >= 0.3 is 0 Å². The van der Waals surface area contributed by atoms with Crippen LogP contribution in [0.3, 0.4) is 0 Å². The highest BCUT2D eigenvalue weighted by atomic mass is 35.5. The molecule has 0 amide bonds. The fourth-order valence-electron chi connectivity index (χ4n) is 1.91. The van der Waals surface area contributed by atoms with Crippen LogP contribution >= 0.6 is 11.6 Å². The molecule has 20 heavy (non-hydrogen) atoms. The van der Waals surface area contributed by atoms with Gasteiger partial charge in [0.25, 0.3) is 0 Å². The fourth-order valence-corrected chi connectivity index (χ4v) is 2.10. The summed E-state index contributed by atoms with van der Waals surface area (Å²) in [7, 11) is 0. The highest BCUT2D eigenvalue weighted by Crippen LogP contribution is 2.15. The van der Waals surface area contributed by atoms with Gasteiger partial charge in [0.2, 0.25) is 0 Å². The van der Waals surface area contributed by atoms with Crippen molar-refractivity contribution in [1.82, 2.24) is 5.32 Å².